The van der Waals surface area contributed by atoms with E-state index in [1.807, 2.05) is 0 Å². The fraction of sp³-hybridized carbons (Fsp3) is 0.0476. The summed E-state index contributed by atoms with van der Waals surface area (Å²) in [5.74, 6) is -2.11. The fourth-order valence-electron chi connectivity index (χ4n) is 5.39. The lowest BCUT2D eigenvalue weighted by molar-refractivity contribution is -0.142. The van der Waals surface area contributed by atoms with Crippen LogP contribution in [0.2, 0.25) is 15.1 Å². The van der Waals surface area contributed by atoms with Gasteiger partial charge in [-0.2, -0.15) is 15.3 Å². The Morgan fingerprint density at radius 1 is 0.636 bits per heavy atom. The molecular weight excluding hydrogens is 923 g/mol. The summed E-state index contributed by atoms with van der Waals surface area (Å²) in [6.45, 7) is -0.292. The third-order valence-corrected chi connectivity index (χ3v) is 9.22. The van der Waals surface area contributed by atoms with Gasteiger partial charge in [-0.05, 0) is 72.8 Å². The third-order valence-electron chi connectivity index (χ3n) is 8.52. The first-order valence-corrected chi connectivity index (χ1v) is 19.8. The molecule has 6 aromatic heterocycles. The van der Waals surface area contributed by atoms with Crippen LogP contribution in [0.4, 0.5) is 17.1 Å². The molecule has 0 saturated heterocycles. The van der Waals surface area contributed by atoms with Gasteiger partial charge in [-0.1, -0.05) is 34.8 Å². The standard InChI is InChI=1S/C16H13ClN4O4.C13H9ClN4O2.C7H5N3O2.C6H6ClNO/c1-24-14(22)9-25-13-4-3-10(17)7-12(13)20-16(23)11-8-19-21-6-2-5-18-15(11)21;14-8-2-3-11(19)10(6-8)17-13(20)9-7-16-18-5-1-4-15-12(9)18;11-7(12)5-4-9-10-3-1-2-8-6(5)10;7-4-1-2-6(9)5(8)3-4/h2-8H,9H2,1H3,(H,20,23);1-7,19H,(H,17,20);1-4H,(H,11,12);1-3,9H,8H2. The number of benzene rings is 3. The van der Waals surface area contributed by atoms with Crippen molar-refractivity contribution in [1.82, 2.24) is 43.8 Å². The van der Waals surface area contributed by atoms with Crippen molar-refractivity contribution in [3.63, 3.8) is 0 Å². The van der Waals surface area contributed by atoms with Gasteiger partial charge in [-0.15, -0.1) is 0 Å². The van der Waals surface area contributed by atoms with E-state index in [-0.39, 0.29) is 35.1 Å². The predicted molar refractivity (Wildman–Crippen MR) is 241 cm³/mol. The Bertz CT molecular complexity index is 3200. The van der Waals surface area contributed by atoms with E-state index in [0.717, 1.165) is 0 Å². The Morgan fingerprint density at radius 3 is 1.56 bits per heavy atom. The number of aromatic carboxylic acids is 1. The Hall–Kier alpha value is -8.53. The molecule has 0 bridgehead atoms. The number of carboxylic acids is 1. The molecule has 0 atom stereocenters. The highest BCUT2D eigenvalue weighted by Gasteiger charge is 2.18. The van der Waals surface area contributed by atoms with E-state index in [1.54, 1.807) is 67.4 Å². The number of halogens is 3. The average molecular weight is 956 g/mol. The molecule has 0 spiro atoms. The SMILES string of the molecule is COC(=O)COc1ccc(Cl)cc1NC(=O)c1cnn2cccnc12.Nc1cc(Cl)ccc1O.O=C(Nc1cc(Cl)ccc1O)c1cnn2cccnc12.O=C(O)c1cnn2cccnc12. The molecule has 3 aromatic carbocycles. The summed E-state index contributed by atoms with van der Waals surface area (Å²) < 4.78 is 14.3. The monoisotopic (exact) mass is 954 g/mol. The molecule has 0 unspecified atom stereocenters. The topological polar surface area (TPSA) is 288 Å². The van der Waals surface area contributed by atoms with Crippen molar-refractivity contribution in [2.75, 3.05) is 30.1 Å². The first-order valence-electron chi connectivity index (χ1n) is 18.6. The van der Waals surface area contributed by atoms with Crippen molar-refractivity contribution >= 4 is 92.6 Å². The molecule has 2 amide bonds. The number of nitrogens with one attached hydrogen (secondary N) is 2. The van der Waals surface area contributed by atoms with Gasteiger partial charge in [0.1, 0.15) is 33.9 Å². The summed E-state index contributed by atoms with van der Waals surface area (Å²) in [6.07, 6.45) is 13.8. The number of hydrogen-bond donors (Lipinski definition) is 6. The zero-order valence-corrected chi connectivity index (χ0v) is 36.1. The van der Waals surface area contributed by atoms with E-state index in [9.17, 15) is 24.3 Å². The normalized spacial score (nSPS) is 10.4. The van der Waals surface area contributed by atoms with Gasteiger partial charge in [-0.25, -0.2) is 38.1 Å². The minimum Gasteiger partial charge on any atom is -0.506 e. The quantitative estimate of drug-likeness (QED) is 0.0532. The first-order chi connectivity index (χ1) is 31.7. The van der Waals surface area contributed by atoms with Crippen LogP contribution in [-0.4, -0.2) is 96.6 Å². The molecule has 336 valence electrons. The maximum absolute atomic E-state index is 12.6. The van der Waals surface area contributed by atoms with Gasteiger partial charge in [0, 0.05) is 52.2 Å². The number of aromatic hydroxyl groups is 2. The summed E-state index contributed by atoms with van der Waals surface area (Å²) in [4.78, 5) is 58.7. The van der Waals surface area contributed by atoms with Crippen LogP contribution >= 0.6 is 34.8 Å². The van der Waals surface area contributed by atoms with Crippen LogP contribution in [0, 0.1) is 0 Å². The number of fused-ring (bicyclic) bond motifs is 3. The van der Waals surface area contributed by atoms with Gasteiger partial charge in [0.2, 0.25) is 0 Å². The van der Waals surface area contributed by atoms with Gasteiger partial charge < -0.3 is 41.2 Å². The number of ether oxygens (including phenoxy) is 2. The number of phenols is 2. The van der Waals surface area contributed by atoms with Crippen LogP contribution in [0.25, 0.3) is 16.9 Å². The van der Waals surface area contributed by atoms with Gasteiger partial charge in [-0.3, -0.25) is 9.59 Å². The Labute approximate surface area is 386 Å². The van der Waals surface area contributed by atoms with E-state index in [1.165, 1.54) is 81.8 Å². The third kappa shape index (κ3) is 11.9. The number of carbonyl (C=O) groups is 4. The number of amides is 2. The highest BCUT2D eigenvalue weighted by Crippen LogP contribution is 2.30. The van der Waals surface area contributed by atoms with Crippen LogP contribution in [0.1, 0.15) is 31.1 Å². The van der Waals surface area contributed by atoms with Crippen LogP contribution in [-0.2, 0) is 9.53 Å². The molecule has 0 fully saturated rings. The maximum atomic E-state index is 12.6. The van der Waals surface area contributed by atoms with Crippen LogP contribution in [0.5, 0.6) is 17.2 Å². The number of carboxylic acid groups (broad SMARTS) is 1. The molecule has 0 saturated carbocycles. The summed E-state index contributed by atoms with van der Waals surface area (Å²) in [5.41, 5.74) is 8.08. The van der Waals surface area contributed by atoms with Crippen molar-refractivity contribution in [3.8, 4) is 17.2 Å². The molecule has 0 aliphatic carbocycles. The van der Waals surface area contributed by atoms with Crippen molar-refractivity contribution in [2.24, 2.45) is 0 Å². The number of nitrogens with two attached hydrogens (primary N) is 1. The number of nitrogens with zero attached hydrogens (tertiary/aromatic N) is 9. The summed E-state index contributed by atoms with van der Waals surface area (Å²) in [5, 5.41) is 45.7. The van der Waals surface area contributed by atoms with Crippen molar-refractivity contribution in [2.45, 2.75) is 0 Å². The van der Waals surface area contributed by atoms with E-state index >= 15 is 0 Å². The Kier molecular flexibility index (Phi) is 15.4. The second-order valence-electron chi connectivity index (χ2n) is 12.9. The lowest BCUT2D eigenvalue weighted by Gasteiger charge is -2.12. The highest BCUT2D eigenvalue weighted by molar-refractivity contribution is 6.31. The lowest BCUT2D eigenvalue weighted by atomic mass is 10.2. The molecule has 0 aliphatic rings. The number of esters is 1. The number of nitrogen functional groups attached to an aromatic ring is 1. The number of phenolic OH excluding ortho intramolecular Hbond substituents is 2. The van der Waals surface area contributed by atoms with Gasteiger partial charge in [0.05, 0.1) is 42.8 Å². The highest BCUT2D eigenvalue weighted by atomic mass is 35.5. The molecule has 66 heavy (non-hydrogen) atoms. The minimum absolute atomic E-state index is 0.0628. The fourth-order valence-corrected chi connectivity index (χ4v) is 5.91. The van der Waals surface area contributed by atoms with Crippen LogP contribution in [0.3, 0.4) is 0 Å². The van der Waals surface area contributed by atoms with Crippen molar-refractivity contribution in [3.05, 3.63) is 160 Å². The van der Waals surface area contributed by atoms with Gasteiger partial charge in [0.15, 0.2) is 23.5 Å². The number of rotatable bonds is 8. The van der Waals surface area contributed by atoms with Crippen LogP contribution in [0.15, 0.2) is 129 Å². The molecule has 0 radical (unpaired) electrons. The Morgan fingerprint density at radius 2 is 1.08 bits per heavy atom. The predicted octanol–water partition coefficient (Wildman–Crippen LogP) is 6.58. The molecule has 7 N–H and O–H groups in total. The van der Waals surface area contributed by atoms with Gasteiger partial charge in [0.25, 0.3) is 11.8 Å². The molecule has 0 aliphatic heterocycles. The van der Waals surface area contributed by atoms with Crippen LogP contribution < -0.4 is 21.1 Å². The number of anilines is 3. The minimum atomic E-state index is -1.01. The number of carbonyl (C=O) groups excluding carboxylic acids is 3. The molecule has 21 nitrogen and oxygen atoms in total. The van der Waals surface area contributed by atoms with E-state index < -0.39 is 23.8 Å². The van der Waals surface area contributed by atoms with Crippen molar-refractivity contribution < 1.29 is 44.0 Å². The van der Waals surface area contributed by atoms with E-state index in [4.69, 9.17) is 55.5 Å². The second kappa shape index (κ2) is 21.7. The summed E-state index contributed by atoms with van der Waals surface area (Å²) in [6, 6.07) is 18.7. The van der Waals surface area contributed by atoms with Gasteiger partial charge >= 0.3 is 11.9 Å². The number of methoxy groups -OCH3 is 1. The summed E-state index contributed by atoms with van der Waals surface area (Å²) >= 11 is 17.3. The molecule has 6 heterocycles. The van der Waals surface area contributed by atoms with E-state index in [2.05, 4.69) is 45.6 Å². The number of aromatic nitrogens is 9. The second-order valence-corrected chi connectivity index (χ2v) is 14.2. The zero-order chi connectivity index (χ0) is 47.3. The Balaban J connectivity index is 0.000000156. The largest absolute Gasteiger partial charge is 0.506 e. The molecule has 9 rings (SSSR count). The average Bonchev–Trinajstić information content (AvgIpc) is 4.07. The zero-order valence-electron chi connectivity index (χ0n) is 33.9. The first kappa shape index (κ1) is 47.0. The number of hydrogen-bond acceptors (Lipinski definition) is 15. The maximum Gasteiger partial charge on any atom is 0.343 e. The molecular formula is C42H33Cl3N12O9. The lowest BCUT2D eigenvalue weighted by Crippen LogP contribution is -2.16. The smallest absolute Gasteiger partial charge is 0.343 e. The van der Waals surface area contributed by atoms with Crippen molar-refractivity contribution in [1.29, 1.82) is 0 Å². The summed E-state index contributed by atoms with van der Waals surface area (Å²) in [7, 11) is 1.26. The molecule has 24 heteroatoms. The molecule has 9 aromatic rings. The van der Waals surface area contributed by atoms with E-state index in [0.29, 0.717) is 54.5 Å².